The van der Waals surface area contributed by atoms with Crippen LogP contribution in [0.2, 0.25) is 0 Å². The average molecular weight is 454 g/mol. The second-order valence-corrected chi connectivity index (χ2v) is 9.71. The van der Waals surface area contributed by atoms with E-state index in [0.717, 1.165) is 43.8 Å². The Kier molecular flexibility index (Phi) is 5.00. The lowest BCUT2D eigenvalue weighted by Gasteiger charge is -2.09. The summed E-state index contributed by atoms with van der Waals surface area (Å²) in [6.45, 7) is 0.394. The van der Waals surface area contributed by atoms with Gasteiger partial charge < -0.3 is 10.5 Å². The van der Waals surface area contributed by atoms with E-state index in [0.29, 0.717) is 22.3 Å². The second kappa shape index (κ2) is 7.84. The topological polar surface area (TPSA) is 125 Å². The highest BCUT2D eigenvalue weighted by atomic mass is 32.2. The van der Waals surface area contributed by atoms with Gasteiger partial charge in [-0.2, -0.15) is 20.5 Å². The molecule has 0 saturated heterocycles. The number of hydrogen-bond acceptors (Lipinski definition) is 8. The van der Waals surface area contributed by atoms with Crippen LogP contribution in [0.25, 0.3) is 43.8 Å². The first kappa shape index (κ1) is 19.8. The van der Waals surface area contributed by atoms with Crippen molar-refractivity contribution < 1.29 is 8.95 Å². The van der Waals surface area contributed by atoms with Gasteiger partial charge in [-0.1, -0.05) is 6.07 Å². The molecule has 5 rings (SSSR count). The van der Waals surface area contributed by atoms with Gasteiger partial charge >= 0.3 is 0 Å². The van der Waals surface area contributed by atoms with E-state index in [1.54, 1.807) is 18.0 Å². The van der Waals surface area contributed by atoms with Gasteiger partial charge in [-0.15, -0.1) is 11.3 Å². The number of pyridine rings is 1. The first-order valence-electron chi connectivity index (χ1n) is 9.46. The predicted molar refractivity (Wildman–Crippen MR) is 122 cm³/mol. The molecule has 1 aromatic carbocycles. The highest BCUT2D eigenvalue weighted by Gasteiger charge is 2.22. The van der Waals surface area contributed by atoms with Gasteiger partial charge in [0.1, 0.15) is 20.1 Å². The number of thiophene rings is 1. The van der Waals surface area contributed by atoms with E-state index >= 15 is 0 Å². The summed E-state index contributed by atoms with van der Waals surface area (Å²) in [6.07, 6.45) is 1.74. The fourth-order valence-corrected chi connectivity index (χ4v) is 6.07. The minimum atomic E-state index is -1.27. The fraction of sp³-hybridized carbons (Fsp3) is 0.200. The molecular formula is C20H19N7O2S2. The summed E-state index contributed by atoms with van der Waals surface area (Å²) in [5, 5.41) is 16.0. The zero-order valence-corrected chi connectivity index (χ0v) is 18.5. The van der Waals surface area contributed by atoms with Gasteiger partial charge in [0.25, 0.3) is 0 Å². The Labute approximate surface area is 183 Å². The van der Waals surface area contributed by atoms with Gasteiger partial charge in [-0.05, 0) is 24.3 Å². The Morgan fingerprint density at radius 2 is 2.06 bits per heavy atom. The number of anilines is 1. The third-order valence-corrected chi connectivity index (χ3v) is 7.93. The van der Waals surface area contributed by atoms with Crippen molar-refractivity contribution in [1.29, 1.82) is 0 Å². The van der Waals surface area contributed by atoms with E-state index in [2.05, 4.69) is 20.5 Å². The Balaban J connectivity index is 1.74. The van der Waals surface area contributed by atoms with E-state index in [-0.39, 0.29) is 0 Å². The molecule has 0 bridgehead atoms. The summed E-state index contributed by atoms with van der Waals surface area (Å²) < 4.78 is 20.3. The van der Waals surface area contributed by atoms with Crippen molar-refractivity contribution in [3.8, 4) is 22.5 Å². The van der Waals surface area contributed by atoms with E-state index in [1.165, 1.54) is 11.3 Å². The largest absolute Gasteiger partial charge is 0.396 e. The molecule has 1 atom stereocenters. The van der Waals surface area contributed by atoms with E-state index in [1.807, 2.05) is 37.4 Å². The molecule has 1 unspecified atom stereocenters. The van der Waals surface area contributed by atoms with Crippen LogP contribution in [0.15, 0.2) is 40.7 Å². The van der Waals surface area contributed by atoms with Gasteiger partial charge in [0.2, 0.25) is 0 Å². The molecule has 9 nitrogen and oxygen atoms in total. The number of H-pyrrole nitrogens is 1. The lowest BCUT2D eigenvalue weighted by atomic mass is 10.0. The average Bonchev–Trinajstić information content (AvgIpc) is 3.49. The molecule has 0 aliphatic heterocycles. The van der Waals surface area contributed by atoms with Crippen LogP contribution in [0.3, 0.4) is 0 Å². The van der Waals surface area contributed by atoms with Crippen LogP contribution >= 0.6 is 11.3 Å². The minimum Gasteiger partial charge on any atom is -0.396 e. The van der Waals surface area contributed by atoms with Gasteiger partial charge in [-0.3, -0.25) is 8.89 Å². The lowest BCUT2D eigenvalue weighted by Crippen LogP contribution is -2.04. The number of ether oxygens (including phenoxy) is 1. The zero-order chi connectivity index (χ0) is 21.5. The molecule has 5 aromatic rings. The summed E-state index contributed by atoms with van der Waals surface area (Å²) in [6, 6.07) is 9.72. The third kappa shape index (κ3) is 3.40. The minimum absolute atomic E-state index is 0.379. The van der Waals surface area contributed by atoms with Crippen molar-refractivity contribution in [2.24, 2.45) is 7.05 Å². The molecule has 0 spiro atoms. The number of nitrogens with one attached hydrogen (secondary N) is 1. The molecule has 0 fully saturated rings. The van der Waals surface area contributed by atoms with Crippen molar-refractivity contribution in [1.82, 2.24) is 30.2 Å². The first-order valence-corrected chi connectivity index (χ1v) is 11.6. The summed E-state index contributed by atoms with van der Waals surface area (Å²) in [4.78, 5) is 5.59. The van der Waals surface area contributed by atoms with Crippen molar-refractivity contribution in [3.05, 3.63) is 36.5 Å². The summed E-state index contributed by atoms with van der Waals surface area (Å²) in [7, 11) is 2.20. The monoisotopic (exact) mass is 453 g/mol. The van der Waals surface area contributed by atoms with Crippen LogP contribution in [0.5, 0.6) is 0 Å². The van der Waals surface area contributed by atoms with Crippen LogP contribution < -0.4 is 5.73 Å². The van der Waals surface area contributed by atoms with Crippen LogP contribution in [-0.4, -0.2) is 53.9 Å². The van der Waals surface area contributed by atoms with E-state index in [4.69, 9.17) is 15.5 Å². The maximum atomic E-state index is 12.8. The quantitative estimate of drug-likeness (QED) is 0.405. The lowest BCUT2D eigenvalue weighted by molar-refractivity contribution is 0.218. The highest BCUT2D eigenvalue weighted by Crippen LogP contribution is 2.42. The Morgan fingerprint density at radius 1 is 1.23 bits per heavy atom. The first-order chi connectivity index (χ1) is 15.1. The third-order valence-electron chi connectivity index (χ3n) is 5.05. The number of fused-ring (bicyclic) bond motifs is 2. The Bertz CT molecular complexity index is 1440. The molecule has 11 heteroatoms. The predicted octanol–water partition coefficient (Wildman–Crippen LogP) is 2.97. The van der Waals surface area contributed by atoms with E-state index < -0.39 is 10.8 Å². The molecule has 3 N–H and O–H groups in total. The normalized spacial score (nSPS) is 12.7. The van der Waals surface area contributed by atoms with Crippen LogP contribution in [0.1, 0.15) is 0 Å². The maximum absolute atomic E-state index is 12.8. The number of aromatic nitrogens is 6. The van der Waals surface area contributed by atoms with Crippen molar-refractivity contribution in [2.45, 2.75) is 4.21 Å². The van der Waals surface area contributed by atoms with Gasteiger partial charge in [-0.25, -0.2) is 4.98 Å². The zero-order valence-electron chi connectivity index (χ0n) is 16.8. The number of nitrogens with two attached hydrogens (primary N) is 1. The van der Waals surface area contributed by atoms with Crippen molar-refractivity contribution in [3.63, 3.8) is 0 Å². The number of methoxy groups -OCH3 is 1. The molecule has 4 heterocycles. The number of aromatic amines is 1. The Morgan fingerprint density at radius 3 is 2.84 bits per heavy atom. The molecule has 0 radical (unpaired) electrons. The highest BCUT2D eigenvalue weighted by molar-refractivity contribution is 7.87. The second-order valence-electron chi connectivity index (χ2n) is 6.95. The van der Waals surface area contributed by atoms with E-state index in [9.17, 15) is 4.21 Å². The number of benzene rings is 1. The van der Waals surface area contributed by atoms with Crippen molar-refractivity contribution in [2.75, 3.05) is 25.2 Å². The van der Waals surface area contributed by atoms with Crippen molar-refractivity contribution >= 4 is 49.1 Å². The molecule has 31 heavy (non-hydrogen) atoms. The van der Waals surface area contributed by atoms with Crippen LogP contribution in [-0.2, 0) is 22.6 Å². The molecular weight excluding hydrogens is 434 g/mol. The van der Waals surface area contributed by atoms with Gasteiger partial charge in [0, 0.05) is 36.9 Å². The van der Waals surface area contributed by atoms with Crippen LogP contribution in [0, 0.1) is 0 Å². The number of aryl methyl sites for hydroxylation is 1. The molecule has 0 saturated carbocycles. The number of rotatable bonds is 6. The maximum Gasteiger partial charge on any atom is 0.127 e. The number of nitrogens with zero attached hydrogens (tertiary/aromatic N) is 5. The summed E-state index contributed by atoms with van der Waals surface area (Å²) in [5.74, 6) is 0.379. The molecule has 0 aliphatic carbocycles. The molecule has 0 amide bonds. The molecule has 4 aromatic heterocycles. The fourth-order valence-electron chi connectivity index (χ4n) is 3.51. The van der Waals surface area contributed by atoms with Crippen LogP contribution in [0.4, 0.5) is 5.69 Å². The Hall–Kier alpha value is -3.15. The van der Waals surface area contributed by atoms with Gasteiger partial charge in [0.05, 0.1) is 40.2 Å². The summed E-state index contributed by atoms with van der Waals surface area (Å²) in [5.41, 5.74) is 12.0. The standard InChI is InChI=1S/C20H19N7O2S2/c1-27-16(5-6-22-27)12-10-14(11-3-4-13-15(9-11)25-26-24-13)23-19-17(12)18(21)20(30-19)31(28)8-7-29-2/h3-6,9-10H,7-8,21H2,1-2H3,(H,24,25,26). The number of hydrogen-bond donors (Lipinski definition) is 2. The number of nitrogen functional groups attached to an aromatic ring is 1. The molecule has 0 aliphatic rings. The SMILES string of the molecule is COCCS(=O)c1sc2nc(-c3ccc4n[nH]nc4c3)cc(-c3ccnn3C)c2c1N. The van der Waals surface area contributed by atoms with Gasteiger partial charge in [0.15, 0.2) is 0 Å². The molecule has 158 valence electrons. The summed E-state index contributed by atoms with van der Waals surface area (Å²) >= 11 is 1.36. The smallest absolute Gasteiger partial charge is 0.127 e.